The molecule has 0 rings (SSSR count). The van der Waals surface area contributed by atoms with E-state index in [1.165, 1.54) is 7.05 Å². The quantitative estimate of drug-likeness (QED) is 0.195. The van der Waals surface area contributed by atoms with Gasteiger partial charge in [0.2, 0.25) is 16.5 Å². The van der Waals surface area contributed by atoms with Crippen LogP contribution < -0.4 is 5.32 Å². The molecule has 0 radical (unpaired) electrons. The fraction of sp³-hybridized carbons (Fsp3) is 0.545. The van der Waals surface area contributed by atoms with E-state index in [1.807, 2.05) is 0 Å². The van der Waals surface area contributed by atoms with E-state index in [1.54, 1.807) is 45.2 Å². The van der Waals surface area contributed by atoms with Crippen LogP contribution in [0, 0.1) is 0 Å². The summed E-state index contributed by atoms with van der Waals surface area (Å²) in [6.07, 6.45) is -0.997. The summed E-state index contributed by atoms with van der Waals surface area (Å²) >= 11 is 3.11. The monoisotopic (exact) mass is 540 g/mol. The molecule has 0 aromatic heterocycles. The molecule has 2 amide bonds. The average molecular weight is 540 g/mol. The lowest BCUT2D eigenvalue weighted by Crippen LogP contribution is -2.40. The molecule has 0 spiro atoms. The van der Waals surface area contributed by atoms with Crippen molar-refractivity contribution in [2.75, 3.05) is 26.9 Å². The lowest BCUT2D eigenvalue weighted by Gasteiger charge is -2.15. The molecule has 9 nitrogen and oxygen atoms in total. The van der Waals surface area contributed by atoms with E-state index in [2.05, 4.69) is 14.8 Å². The minimum Gasteiger partial charge on any atom is -0.428 e. The topological polar surface area (TPSA) is 119 Å². The molecular weight excluding hydrogens is 526 g/mol. The van der Waals surface area contributed by atoms with Gasteiger partial charge in [0.1, 0.15) is 6.54 Å². The molecule has 0 aliphatic carbocycles. The lowest BCUT2D eigenvalue weighted by molar-refractivity contribution is -0.152. The molecule has 0 aliphatic rings. The summed E-state index contributed by atoms with van der Waals surface area (Å²) in [5.74, 6) is -1.14. The summed E-state index contributed by atoms with van der Waals surface area (Å²) in [5.41, 5.74) is 0. The van der Waals surface area contributed by atoms with Crippen molar-refractivity contribution >= 4 is 70.7 Å². The number of halogens is 2. The standard InChI is InChI=1S/C11H14I2N2O7/c1-15(5-8(13)17)9(18)4-14-11(20)22-6-21-10(19)3-2-7(12)16/h2-6H2,1H3,(H,14,20). The smallest absolute Gasteiger partial charge is 0.410 e. The Balaban J connectivity index is 3.82. The van der Waals surface area contributed by atoms with Crippen LogP contribution >= 0.6 is 45.2 Å². The highest BCUT2D eigenvalue weighted by atomic mass is 127. The maximum atomic E-state index is 11.5. The number of nitrogens with zero attached hydrogens (tertiary/aromatic N) is 1. The molecule has 0 saturated heterocycles. The predicted molar refractivity (Wildman–Crippen MR) is 90.4 cm³/mol. The number of hydrogen-bond acceptors (Lipinski definition) is 7. The van der Waals surface area contributed by atoms with Crippen molar-refractivity contribution in [1.82, 2.24) is 10.2 Å². The van der Waals surface area contributed by atoms with Gasteiger partial charge in [-0.05, 0) is 22.6 Å². The first-order valence-corrected chi connectivity index (χ1v) is 8.05. The Hall–Kier alpha value is -0.990. The number of likely N-dealkylation sites (N-methyl/N-ethyl adjacent to an activating group) is 1. The number of nitrogens with one attached hydrogen (secondary N) is 1. The zero-order valence-corrected chi connectivity index (χ0v) is 15.9. The number of carbonyl (C=O) groups excluding carboxylic acids is 5. The number of alkyl carbamates (subject to hydrolysis) is 1. The molecular formula is C11H14I2N2O7. The second kappa shape index (κ2) is 11.6. The highest BCUT2D eigenvalue weighted by Crippen LogP contribution is 1.99. The lowest BCUT2D eigenvalue weighted by atomic mass is 10.3. The van der Waals surface area contributed by atoms with Gasteiger partial charge in [-0.3, -0.25) is 19.2 Å². The van der Waals surface area contributed by atoms with Gasteiger partial charge in [-0.1, -0.05) is 0 Å². The van der Waals surface area contributed by atoms with Crippen molar-refractivity contribution in [2.24, 2.45) is 0 Å². The molecule has 11 heteroatoms. The van der Waals surface area contributed by atoms with Crippen LogP contribution in [-0.4, -0.2) is 57.4 Å². The van der Waals surface area contributed by atoms with Crippen LogP contribution in [0.4, 0.5) is 4.79 Å². The van der Waals surface area contributed by atoms with E-state index in [4.69, 9.17) is 0 Å². The number of hydrogen-bond donors (Lipinski definition) is 1. The summed E-state index contributed by atoms with van der Waals surface area (Å²) < 4.78 is 8.67. The van der Waals surface area contributed by atoms with Gasteiger partial charge in [0.05, 0.1) is 13.0 Å². The third-order valence-corrected chi connectivity index (χ3v) is 2.99. The molecule has 1 N–H and O–H groups in total. The van der Waals surface area contributed by atoms with Crippen LogP contribution in [0.3, 0.4) is 0 Å². The fourth-order valence-corrected chi connectivity index (χ4v) is 1.81. The largest absolute Gasteiger partial charge is 0.428 e. The SMILES string of the molecule is CN(CC(=O)I)C(=O)CNC(=O)OCOC(=O)CCC(=O)I. The van der Waals surface area contributed by atoms with Crippen molar-refractivity contribution < 1.29 is 33.4 Å². The molecule has 0 aliphatic heterocycles. The van der Waals surface area contributed by atoms with Gasteiger partial charge in [0.15, 0.2) is 3.79 Å². The first-order chi connectivity index (χ1) is 10.2. The Morgan fingerprint density at radius 2 is 1.64 bits per heavy atom. The predicted octanol–water partition coefficient (Wildman–Crippen LogP) is 0.375. The van der Waals surface area contributed by atoms with Crippen LogP contribution in [-0.2, 0) is 28.7 Å². The van der Waals surface area contributed by atoms with Gasteiger partial charge in [-0.15, -0.1) is 0 Å². The van der Waals surface area contributed by atoms with E-state index in [9.17, 15) is 24.0 Å². The molecule has 124 valence electrons. The molecule has 0 aromatic carbocycles. The third kappa shape index (κ3) is 11.6. The van der Waals surface area contributed by atoms with Gasteiger partial charge < -0.3 is 19.7 Å². The number of carbonyl (C=O) groups is 5. The van der Waals surface area contributed by atoms with E-state index < -0.39 is 24.8 Å². The van der Waals surface area contributed by atoms with E-state index >= 15 is 0 Å². The van der Waals surface area contributed by atoms with E-state index in [-0.39, 0.29) is 33.5 Å². The second-order valence-corrected chi connectivity index (χ2v) is 6.29. The molecule has 0 bridgehead atoms. The number of rotatable bonds is 9. The summed E-state index contributed by atoms with van der Waals surface area (Å²) in [6, 6.07) is 0. The zero-order valence-electron chi connectivity index (χ0n) is 11.6. The summed E-state index contributed by atoms with van der Waals surface area (Å²) in [4.78, 5) is 56.4. The maximum absolute atomic E-state index is 11.5. The highest BCUT2D eigenvalue weighted by Gasteiger charge is 2.13. The van der Waals surface area contributed by atoms with Crippen molar-refractivity contribution in [2.45, 2.75) is 12.8 Å². The Kier molecular flexibility index (Phi) is 11.0. The van der Waals surface area contributed by atoms with Crippen LogP contribution in [0.5, 0.6) is 0 Å². The average Bonchev–Trinajstić information content (AvgIpc) is 2.41. The summed E-state index contributed by atoms with van der Waals surface area (Å²) in [7, 11) is 1.42. The summed E-state index contributed by atoms with van der Waals surface area (Å²) in [5, 5.41) is 2.15. The molecule has 0 heterocycles. The van der Waals surface area contributed by atoms with Crippen LogP contribution in [0.2, 0.25) is 0 Å². The Morgan fingerprint density at radius 1 is 1.00 bits per heavy atom. The van der Waals surface area contributed by atoms with Crippen LogP contribution in [0.25, 0.3) is 0 Å². The van der Waals surface area contributed by atoms with Crippen LogP contribution in [0.1, 0.15) is 12.8 Å². The van der Waals surface area contributed by atoms with Crippen molar-refractivity contribution in [3.63, 3.8) is 0 Å². The molecule has 0 saturated carbocycles. The Morgan fingerprint density at radius 3 is 2.18 bits per heavy atom. The number of esters is 1. The normalized spacial score (nSPS) is 9.59. The Labute approximate surface area is 153 Å². The number of ether oxygens (including phenoxy) is 2. The van der Waals surface area contributed by atoms with Crippen LogP contribution in [0.15, 0.2) is 0 Å². The zero-order chi connectivity index (χ0) is 17.1. The van der Waals surface area contributed by atoms with E-state index in [0.717, 1.165) is 4.90 Å². The van der Waals surface area contributed by atoms with Gasteiger partial charge in [0.25, 0.3) is 0 Å². The second-order valence-electron chi connectivity index (χ2n) is 3.88. The maximum Gasteiger partial charge on any atom is 0.410 e. The van der Waals surface area contributed by atoms with E-state index in [0.29, 0.717) is 0 Å². The molecule has 0 atom stereocenters. The number of amides is 2. The highest BCUT2D eigenvalue weighted by molar-refractivity contribution is 14.1. The molecule has 0 unspecified atom stereocenters. The van der Waals surface area contributed by atoms with Gasteiger partial charge in [-0.2, -0.15) is 0 Å². The summed E-state index contributed by atoms with van der Waals surface area (Å²) in [6.45, 7) is -1.03. The molecule has 22 heavy (non-hydrogen) atoms. The fourth-order valence-electron chi connectivity index (χ4n) is 1.03. The van der Waals surface area contributed by atoms with Gasteiger partial charge in [0, 0.05) is 36.1 Å². The Bertz CT molecular complexity index is 456. The van der Waals surface area contributed by atoms with Crippen molar-refractivity contribution in [3.05, 3.63) is 0 Å². The third-order valence-electron chi connectivity index (χ3n) is 2.11. The first-order valence-electron chi connectivity index (χ1n) is 5.89. The van der Waals surface area contributed by atoms with Gasteiger partial charge >= 0.3 is 12.1 Å². The van der Waals surface area contributed by atoms with Gasteiger partial charge in [-0.25, -0.2) is 4.79 Å². The van der Waals surface area contributed by atoms with Crippen molar-refractivity contribution in [1.29, 1.82) is 0 Å². The first kappa shape index (κ1) is 21.0. The minimum absolute atomic E-state index is 0.0436. The molecule has 0 fully saturated rings. The minimum atomic E-state index is -0.944. The molecule has 0 aromatic rings. The van der Waals surface area contributed by atoms with Crippen molar-refractivity contribution in [3.8, 4) is 0 Å².